The molecule has 0 fully saturated rings. The molecule has 0 amide bonds. The number of carboxylic acid groups (broad SMARTS) is 1. The average molecular weight is 230 g/mol. The molecule has 0 saturated carbocycles. The fraction of sp³-hybridized carbons (Fsp3) is 0.364. The zero-order valence-electron chi connectivity index (χ0n) is 8.92. The number of halogens is 2. The second-order valence-electron chi connectivity index (χ2n) is 3.60. The van der Waals surface area contributed by atoms with Crippen molar-refractivity contribution in [2.75, 3.05) is 6.61 Å². The molecule has 0 aliphatic heterocycles. The molecule has 0 heterocycles. The lowest BCUT2D eigenvalue weighted by Gasteiger charge is -2.18. The first kappa shape index (κ1) is 12.6. The zero-order valence-corrected chi connectivity index (χ0v) is 8.92. The topological polar surface area (TPSA) is 57.5 Å². The molecule has 0 radical (unpaired) electrons. The van der Waals surface area contributed by atoms with E-state index in [-0.39, 0.29) is 11.1 Å². The number of carbonyl (C=O) groups is 1. The first-order valence-corrected chi connectivity index (χ1v) is 4.64. The minimum Gasteiger partial charge on any atom is -0.478 e. The molecule has 0 atom stereocenters. The summed E-state index contributed by atoms with van der Waals surface area (Å²) in [6.45, 7) is 1.52. The van der Waals surface area contributed by atoms with Crippen LogP contribution in [0.3, 0.4) is 0 Å². The van der Waals surface area contributed by atoms with Crippen LogP contribution in [0.5, 0.6) is 0 Å². The van der Waals surface area contributed by atoms with E-state index in [1.807, 2.05) is 0 Å². The summed E-state index contributed by atoms with van der Waals surface area (Å²) >= 11 is 0. The molecule has 0 aromatic heterocycles. The SMILES string of the molecule is Cc1ccc(C(F)(F)CO)c(C)c1C(=O)O. The lowest BCUT2D eigenvalue weighted by atomic mass is 9.94. The van der Waals surface area contributed by atoms with Crippen LogP contribution < -0.4 is 0 Å². The molecule has 88 valence electrons. The lowest BCUT2D eigenvalue weighted by Crippen LogP contribution is -2.21. The van der Waals surface area contributed by atoms with Crippen molar-refractivity contribution < 1.29 is 23.8 Å². The maximum Gasteiger partial charge on any atom is 0.336 e. The molecule has 0 saturated heterocycles. The van der Waals surface area contributed by atoms with Crippen LogP contribution in [-0.2, 0) is 5.92 Å². The van der Waals surface area contributed by atoms with Gasteiger partial charge in [0.05, 0.1) is 5.56 Å². The van der Waals surface area contributed by atoms with E-state index in [1.54, 1.807) is 0 Å². The van der Waals surface area contributed by atoms with Crippen molar-refractivity contribution in [3.63, 3.8) is 0 Å². The fourth-order valence-electron chi connectivity index (χ4n) is 1.66. The van der Waals surface area contributed by atoms with Crippen LogP contribution in [0.4, 0.5) is 8.78 Å². The molecule has 0 unspecified atom stereocenters. The Bertz CT molecular complexity index is 427. The summed E-state index contributed by atoms with van der Waals surface area (Å²) < 4.78 is 26.6. The smallest absolute Gasteiger partial charge is 0.336 e. The molecular weight excluding hydrogens is 218 g/mol. The third-order valence-corrected chi connectivity index (χ3v) is 2.48. The number of carboxylic acids is 1. The van der Waals surface area contributed by atoms with Crippen molar-refractivity contribution in [3.05, 3.63) is 34.4 Å². The Balaban J connectivity index is 3.46. The van der Waals surface area contributed by atoms with Crippen LogP contribution >= 0.6 is 0 Å². The first-order valence-electron chi connectivity index (χ1n) is 4.64. The van der Waals surface area contributed by atoms with E-state index >= 15 is 0 Å². The summed E-state index contributed by atoms with van der Waals surface area (Å²) in [7, 11) is 0. The molecule has 5 heteroatoms. The molecule has 1 rings (SSSR count). The monoisotopic (exact) mass is 230 g/mol. The predicted octanol–water partition coefficient (Wildman–Crippen LogP) is 2.09. The summed E-state index contributed by atoms with van der Waals surface area (Å²) in [6.07, 6.45) is 0. The van der Waals surface area contributed by atoms with Crippen LogP contribution in [0.2, 0.25) is 0 Å². The molecule has 0 bridgehead atoms. The molecule has 16 heavy (non-hydrogen) atoms. The van der Waals surface area contributed by atoms with E-state index in [4.69, 9.17) is 10.2 Å². The molecule has 0 aliphatic rings. The summed E-state index contributed by atoms with van der Waals surface area (Å²) in [4.78, 5) is 10.9. The van der Waals surface area contributed by atoms with Gasteiger partial charge < -0.3 is 10.2 Å². The van der Waals surface area contributed by atoms with E-state index in [2.05, 4.69) is 0 Å². The number of rotatable bonds is 3. The number of hydrogen-bond donors (Lipinski definition) is 2. The molecule has 1 aromatic carbocycles. The summed E-state index contributed by atoms with van der Waals surface area (Å²) in [6, 6.07) is 2.46. The van der Waals surface area contributed by atoms with Crippen molar-refractivity contribution in [3.8, 4) is 0 Å². The highest BCUT2D eigenvalue weighted by Crippen LogP contribution is 2.32. The number of alkyl halides is 2. The number of benzene rings is 1. The van der Waals surface area contributed by atoms with E-state index in [0.717, 1.165) is 6.07 Å². The second kappa shape index (κ2) is 4.17. The van der Waals surface area contributed by atoms with Crippen molar-refractivity contribution in [2.24, 2.45) is 0 Å². The molecular formula is C11H12F2O3. The molecule has 3 nitrogen and oxygen atoms in total. The Morgan fingerprint density at radius 2 is 1.94 bits per heavy atom. The maximum atomic E-state index is 13.3. The van der Waals surface area contributed by atoms with Gasteiger partial charge in [0.1, 0.15) is 6.61 Å². The molecule has 0 spiro atoms. The Morgan fingerprint density at radius 1 is 1.38 bits per heavy atom. The van der Waals surface area contributed by atoms with E-state index in [9.17, 15) is 13.6 Å². The van der Waals surface area contributed by atoms with Gasteiger partial charge in [-0.3, -0.25) is 0 Å². The van der Waals surface area contributed by atoms with Crippen molar-refractivity contribution in [2.45, 2.75) is 19.8 Å². The van der Waals surface area contributed by atoms with Gasteiger partial charge in [-0.2, -0.15) is 8.78 Å². The van der Waals surface area contributed by atoms with Gasteiger partial charge in [-0.25, -0.2) is 4.79 Å². The third-order valence-electron chi connectivity index (χ3n) is 2.48. The standard InChI is InChI=1S/C11H12F2O3/c1-6-3-4-8(11(12,13)5-14)7(2)9(6)10(15)16/h3-4,14H,5H2,1-2H3,(H,15,16). The Kier molecular flexibility index (Phi) is 3.28. The van der Waals surface area contributed by atoms with Gasteiger partial charge in [0.25, 0.3) is 5.92 Å². The van der Waals surface area contributed by atoms with Gasteiger partial charge >= 0.3 is 5.97 Å². The summed E-state index contributed by atoms with van der Waals surface area (Å²) in [5.41, 5.74) is -0.169. The normalized spacial score (nSPS) is 11.6. The number of aromatic carboxylic acids is 1. The highest BCUT2D eigenvalue weighted by Gasteiger charge is 2.33. The van der Waals surface area contributed by atoms with Crippen LogP contribution in [0.25, 0.3) is 0 Å². The minimum absolute atomic E-state index is 0.00782. The average Bonchev–Trinajstić information content (AvgIpc) is 2.16. The van der Waals surface area contributed by atoms with Crippen LogP contribution in [0.1, 0.15) is 27.0 Å². The third kappa shape index (κ3) is 2.04. The second-order valence-corrected chi connectivity index (χ2v) is 3.60. The number of aliphatic hydroxyl groups is 1. The van der Waals surface area contributed by atoms with E-state index in [1.165, 1.54) is 19.9 Å². The fourth-order valence-corrected chi connectivity index (χ4v) is 1.66. The largest absolute Gasteiger partial charge is 0.478 e. The highest BCUT2D eigenvalue weighted by molar-refractivity contribution is 5.91. The highest BCUT2D eigenvalue weighted by atomic mass is 19.3. The van der Waals surface area contributed by atoms with Gasteiger partial charge in [0, 0.05) is 5.56 Å². The summed E-state index contributed by atoms with van der Waals surface area (Å²) in [5, 5.41) is 17.5. The van der Waals surface area contributed by atoms with E-state index in [0.29, 0.717) is 5.56 Å². The van der Waals surface area contributed by atoms with Gasteiger partial charge in [-0.05, 0) is 25.0 Å². The Hall–Kier alpha value is -1.49. The van der Waals surface area contributed by atoms with Gasteiger partial charge in [0.2, 0.25) is 0 Å². The number of aryl methyl sites for hydroxylation is 1. The van der Waals surface area contributed by atoms with Crippen LogP contribution in [0.15, 0.2) is 12.1 Å². The minimum atomic E-state index is -3.41. The number of aliphatic hydroxyl groups excluding tert-OH is 1. The van der Waals surface area contributed by atoms with Crippen LogP contribution in [0, 0.1) is 13.8 Å². The van der Waals surface area contributed by atoms with Gasteiger partial charge in [0.15, 0.2) is 0 Å². The van der Waals surface area contributed by atoms with Crippen molar-refractivity contribution in [1.82, 2.24) is 0 Å². The Morgan fingerprint density at radius 3 is 2.38 bits per heavy atom. The summed E-state index contributed by atoms with van der Waals surface area (Å²) in [5.74, 6) is -4.66. The maximum absolute atomic E-state index is 13.3. The van der Waals surface area contributed by atoms with Crippen molar-refractivity contribution >= 4 is 5.97 Å². The zero-order chi connectivity index (χ0) is 12.5. The van der Waals surface area contributed by atoms with Crippen LogP contribution in [-0.4, -0.2) is 22.8 Å². The molecule has 0 aliphatic carbocycles. The van der Waals surface area contributed by atoms with Crippen molar-refractivity contribution in [1.29, 1.82) is 0 Å². The van der Waals surface area contributed by atoms with Gasteiger partial charge in [-0.15, -0.1) is 0 Å². The Labute approximate surface area is 91.3 Å². The molecule has 2 N–H and O–H groups in total. The van der Waals surface area contributed by atoms with Gasteiger partial charge in [-0.1, -0.05) is 12.1 Å². The predicted molar refractivity (Wildman–Crippen MR) is 53.9 cm³/mol. The molecule has 1 aromatic rings. The quantitative estimate of drug-likeness (QED) is 0.835. The number of hydrogen-bond acceptors (Lipinski definition) is 2. The van der Waals surface area contributed by atoms with E-state index < -0.39 is 24.1 Å². The lowest BCUT2D eigenvalue weighted by molar-refractivity contribution is -0.0561. The first-order chi connectivity index (χ1) is 7.31.